The quantitative estimate of drug-likeness (QED) is 0.185. The Morgan fingerprint density at radius 2 is 1.60 bits per heavy atom. The predicted octanol–water partition coefficient (Wildman–Crippen LogP) is 6.66. The van der Waals surface area contributed by atoms with Gasteiger partial charge in [-0.05, 0) is 70.6 Å². The first-order valence-corrected chi connectivity index (χ1v) is 21.9. The summed E-state index contributed by atoms with van der Waals surface area (Å²) in [4.78, 5) is 70.5. The van der Waals surface area contributed by atoms with E-state index in [9.17, 15) is 32.4 Å². The maximum absolute atomic E-state index is 15.0. The maximum Gasteiger partial charge on any atom is 0.285 e. The number of ketones is 3. The second-order valence-corrected chi connectivity index (χ2v) is 22.5. The smallest absolute Gasteiger partial charge is 0.285 e. The van der Waals surface area contributed by atoms with Gasteiger partial charge in [0.25, 0.3) is 5.91 Å². The Bertz CT molecular complexity index is 1700. The third-order valence-corrected chi connectivity index (χ3v) is 17.2. The highest BCUT2D eigenvalue weighted by Crippen LogP contribution is 2.88. The van der Waals surface area contributed by atoms with Crippen molar-refractivity contribution in [2.75, 3.05) is 20.1 Å². The van der Waals surface area contributed by atoms with E-state index in [4.69, 9.17) is 5.73 Å². The van der Waals surface area contributed by atoms with Crippen molar-refractivity contribution < 1.29 is 32.4 Å². The van der Waals surface area contributed by atoms with E-state index in [2.05, 4.69) is 13.8 Å². The third-order valence-electron chi connectivity index (χ3n) is 14.5. The Kier molecular flexibility index (Phi) is 11.5. The Balaban J connectivity index is 1.39. The number of carbonyl (C=O) groups excluding carboxylic acids is 5. The van der Waals surface area contributed by atoms with E-state index in [1.54, 1.807) is 28.8 Å². The third kappa shape index (κ3) is 7.59. The molecule has 0 radical (unpaired) electrons. The molecule has 1 aromatic heterocycles. The zero-order valence-corrected chi connectivity index (χ0v) is 35.1. The number of likely N-dealkylation sites (tertiary alicyclic amines) is 1. The summed E-state index contributed by atoms with van der Waals surface area (Å²) in [6, 6.07) is 0.831. The van der Waals surface area contributed by atoms with Gasteiger partial charge < -0.3 is 10.6 Å². The minimum atomic E-state index is -3.72. The van der Waals surface area contributed by atoms with Crippen LogP contribution in [0, 0.1) is 50.7 Å². The fourth-order valence-corrected chi connectivity index (χ4v) is 12.5. The van der Waals surface area contributed by atoms with Gasteiger partial charge in [0, 0.05) is 62.0 Å². The van der Waals surface area contributed by atoms with E-state index in [1.165, 1.54) is 15.6 Å². The molecule has 12 heteroatoms. The molecular formula is C41H63N3O7S2. The number of hydrogen-bond acceptors (Lipinski definition) is 8. The largest absolute Gasteiger partial charge is 0.363 e. The topological polar surface area (TPSA) is 152 Å². The summed E-state index contributed by atoms with van der Waals surface area (Å²) >= 11 is 1.31. The van der Waals surface area contributed by atoms with Gasteiger partial charge in [-0.2, -0.15) is 11.3 Å². The van der Waals surface area contributed by atoms with Crippen LogP contribution in [0.3, 0.4) is 0 Å². The Hall–Kier alpha value is -2.44. The molecular weight excluding hydrogens is 711 g/mol. The summed E-state index contributed by atoms with van der Waals surface area (Å²) in [7, 11) is -2.18. The first-order chi connectivity index (χ1) is 24.4. The fourth-order valence-electron chi connectivity index (χ4n) is 10.3. The van der Waals surface area contributed by atoms with Crippen LogP contribution < -0.4 is 5.73 Å². The van der Waals surface area contributed by atoms with Crippen molar-refractivity contribution in [2.45, 2.75) is 137 Å². The van der Waals surface area contributed by atoms with Gasteiger partial charge in [0.05, 0.1) is 10.9 Å². The van der Waals surface area contributed by atoms with Crippen LogP contribution in [0.5, 0.6) is 0 Å². The highest BCUT2D eigenvalue weighted by molar-refractivity contribution is 7.89. The second-order valence-electron chi connectivity index (χ2n) is 19.6. The molecule has 10 nitrogen and oxygen atoms in total. The fraction of sp³-hybridized carbons (Fsp3) is 0.780. The van der Waals surface area contributed by atoms with E-state index in [0.29, 0.717) is 19.4 Å². The van der Waals surface area contributed by atoms with E-state index < -0.39 is 50.4 Å². The molecule has 53 heavy (non-hydrogen) atoms. The lowest BCUT2D eigenvalue weighted by Gasteiger charge is -2.37. The molecule has 1 saturated heterocycles. The van der Waals surface area contributed by atoms with Crippen molar-refractivity contribution in [1.82, 2.24) is 9.21 Å². The Morgan fingerprint density at radius 3 is 2.06 bits per heavy atom. The van der Waals surface area contributed by atoms with E-state index >= 15 is 0 Å². The first kappa shape index (κ1) is 41.7. The van der Waals surface area contributed by atoms with Gasteiger partial charge in [-0.25, -0.2) is 12.7 Å². The number of sulfonamides is 1. The van der Waals surface area contributed by atoms with Crippen molar-refractivity contribution in [1.29, 1.82) is 0 Å². The van der Waals surface area contributed by atoms with Gasteiger partial charge in [-0.3, -0.25) is 24.0 Å². The second kappa shape index (κ2) is 14.6. The molecule has 2 heterocycles. The van der Waals surface area contributed by atoms with Crippen molar-refractivity contribution >= 4 is 50.5 Å². The van der Waals surface area contributed by atoms with Crippen molar-refractivity contribution in [3.8, 4) is 0 Å². The SMILES string of the molecule is CN(C[C@@H](CC(=O)C[C@H](C(=O)N1CC2(C[C@H]1C(=O)CC(CC1CCC1)C(=O)C(N)=O)C(C)(C)C21CCC1)C(C)(C)C)C(C)(C)C)S(=O)(=O)c1ccsc1. The van der Waals surface area contributed by atoms with Gasteiger partial charge in [-0.15, -0.1) is 0 Å². The van der Waals surface area contributed by atoms with E-state index in [1.807, 2.05) is 41.5 Å². The van der Waals surface area contributed by atoms with Crippen LogP contribution in [0.25, 0.3) is 0 Å². The van der Waals surface area contributed by atoms with Crippen molar-refractivity contribution in [3.05, 3.63) is 16.8 Å². The van der Waals surface area contributed by atoms with Crippen LogP contribution in [0.4, 0.5) is 0 Å². The number of thiophene rings is 1. The molecule has 1 aliphatic heterocycles. The number of Topliss-reactive ketones (excluding diaryl/α,β-unsaturated/α-hetero) is 3. The number of nitrogens with two attached hydrogens (primary N) is 1. The summed E-state index contributed by atoms with van der Waals surface area (Å²) in [6.45, 7) is 16.9. The zero-order valence-electron chi connectivity index (χ0n) is 33.5. The van der Waals surface area contributed by atoms with Crippen molar-refractivity contribution in [2.24, 2.45) is 56.5 Å². The number of rotatable bonds is 16. The molecule has 296 valence electrons. The minimum absolute atomic E-state index is 0.0285. The number of primary amides is 1. The van der Waals surface area contributed by atoms with Gasteiger partial charge >= 0.3 is 0 Å². The number of amides is 2. The summed E-state index contributed by atoms with van der Waals surface area (Å²) in [5, 5.41) is 3.32. The molecule has 5 rings (SSSR count). The lowest BCUT2D eigenvalue weighted by molar-refractivity contribution is -0.147. The summed E-state index contributed by atoms with van der Waals surface area (Å²) < 4.78 is 27.9. The van der Waals surface area contributed by atoms with Crippen LogP contribution in [-0.2, 0) is 34.0 Å². The molecule has 2 amide bonds. The molecule has 3 aliphatic carbocycles. The zero-order chi connectivity index (χ0) is 39.5. The van der Waals surface area contributed by atoms with Crippen LogP contribution in [0.15, 0.2) is 21.7 Å². The Labute approximate surface area is 321 Å². The van der Waals surface area contributed by atoms with Crippen molar-refractivity contribution in [3.63, 3.8) is 0 Å². The molecule has 0 aromatic carbocycles. The van der Waals surface area contributed by atoms with Gasteiger partial charge in [-0.1, -0.05) is 81.1 Å². The highest BCUT2D eigenvalue weighted by Gasteiger charge is 2.85. The standard InChI is InChI=1S/C41H63N3O7S2/c1-37(2,3)28(23-43(9)53(50,51)30-14-17-52-24-30)20-29(45)21-31(38(4,5)6)36(49)44-25-41(39(7,8)40(41)15-11-16-40)22-32(44)33(46)19-27(34(47)35(42)48)18-26-12-10-13-26/h14,17,24,26-28,31-32H,10-13,15-16,18-23,25H2,1-9H3,(H2,42,48)/t27?,28-,31-,32+,41?/m1/s1. The lowest BCUT2D eigenvalue weighted by Crippen LogP contribution is -2.48. The van der Waals surface area contributed by atoms with Crippen LogP contribution in [0.2, 0.25) is 0 Å². The van der Waals surface area contributed by atoms with Crippen LogP contribution >= 0.6 is 11.3 Å². The van der Waals surface area contributed by atoms with E-state index in [0.717, 1.165) is 38.5 Å². The minimum Gasteiger partial charge on any atom is -0.363 e. The van der Waals surface area contributed by atoms with Gasteiger partial charge in [0.1, 0.15) is 5.78 Å². The molecule has 3 saturated carbocycles. The molecule has 5 atom stereocenters. The Morgan fingerprint density at radius 1 is 0.962 bits per heavy atom. The molecule has 4 fully saturated rings. The molecule has 1 aromatic rings. The first-order valence-electron chi connectivity index (χ1n) is 19.6. The molecule has 2 spiro atoms. The summed E-state index contributed by atoms with van der Waals surface area (Å²) in [6.07, 6.45) is 7.14. The lowest BCUT2D eigenvalue weighted by atomic mass is 9.73. The predicted molar refractivity (Wildman–Crippen MR) is 206 cm³/mol. The summed E-state index contributed by atoms with van der Waals surface area (Å²) in [5.74, 6) is -3.81. The number of hydrogen-bond donors (Lipinski definition) is 1. The maximum atomic E-state index is 15.0. The van der Waals surface area contributed by atoms with Gasteiger partial charge in [0.2, 0.25) is 21.7 Å². The molecule has 2 N–H and O–H groups in total. The monoisotopic (exact) mass is 773 g/mol. The molecule has 4 aliphatic rings. The summed E-state index contributed by atoms with van der Waals surface area (Å²) in [5.41, 5.74) is 4.21. The number of nitrogens with zero attached hydrogens (tertiary/aromatic N) is 2. The average Bonchev–Trinajstić information content (AvgIpc) is 3.50. The number of carbonyl (C=O) groups is 5. The van der Waals surface area contributed by atoms with Gasteiger partial charge in [0.15, 0.2) is 5.78 Å². The molecule has 0 bridgehead atoms. The number of fused-ring (bicyclic) bond motifs is 1. The van der Waals surface area contributed by atoms with Crippen LogP contribution in [-0.4, -0.2) is 73.0 Å². The highest BCUT2D eigenvalue weighted by atomic mass is 32.2. The average molecular weight is 774 g/mol. The normalized spacial score (nSPS) is 25.5. The van der Waals surface area contributed by atoms with E-state index in [-0.39, 0.29) is 76.3 Å². The molecule has 2 unspecified atom stereocenters. The van der Waals surface area contributed by atoms with Crippen LogP contribution in [0.1, 0.15) is 126 Å².